The first-order valence-electron chi connectivity index (χ1n) is 4.38. The second kappa shape index (κ2) is 3.36. The predicted molar refractivity (Wildman–Crippen MR) is 53.9 cm³/mol. The Balaban J connectivity index is 2.45. The van der Waals surface area contributed by atoms with Gasteiger partial charge in [0.15, 0.2) is 0 Å². The summed E-state index contributed by atoms with van der Waals surface area (Å²) in [6, 6.07) is 0. The van der Waals surface area contributed by atoms with Crippen LogP contribution in [0.3, 0.4) is 0 Å². The lowest BCUT2D eigenvalue weighted by Gasteiger charge is -2.15. The summed E-state index contributed by atoms with van der Waals surface area (Å²) in [5.74, 6) is 0.0192. The standard InChI is InChI=1S/C8H15BO3Si/c1-11-8(10)12-6-5(9)7(6)13(2,3)4/h5-7H,1-4H3/t5-,6?,7?/m0/s1. The minimum absolute atomic E-state index is 0.0192. The first kappa shape index (κ1) is 10.6. The molecule has 1 rings (SSSR count). The minimum atomic E-state index is -1.29. The Labute approximate surface area is 81.2 Å². The van der Waals surface area contributed by atoms with E-state index in [9.17, 15) is 4.79 Å². The van der Waals surface area contributed by atoms with Crippen molar-refractivity contribution in [1.29, 1.82) is 0 Å². The van der Waals surface area contributed by atoms with Crippen molar-refractivity contribution in [1.82, 2.24) is 0 Å². The molecule has 13 heavy (non-hydrogen) atoms. The van der Waals surface area contributed by atoms with Crippen LogP contribution in [0.15, 0.2) is 0 Å². The second-order valence-electron chi connectivity index (χ2n) is 4.51. The SMILES string of the molecule is [B][C@H]1C(OC(=O)OC)C1[Si](C)(C)C. The molecule has 1 fully saturated rings. The molecule has 0 N–H and O–H groups in total. The fourth-order valence-corrected chi connectivity index (χ4v) is 4.20. The number of hydrogen-bond acceptors (Lipinski definition) is 3. The highest BCUT2D eigenvalue weighted by Gasteiger charge is 2.56. The summed E-state index contributed by atoms with van der Waals surface area (Å²) < 4.78 is 9.42. The van der Waals surface area contributed by atoms with E-state index < -0.39 is 14.2 Å². The monoisotopic (exact) mass is 198 g/mol. The molecular formula is C8H15BO3Si. The number of carbonyl (C=O) groups is 1. The molecule has 3 atom stereocenters. The average molecular weight is 198 g/mol. The van der Waals surface area contributed by atoms with Gasteiger partial charge in [0.2, 0.25) is 0 Å². The number of carbonyl (C=O) groups excluding carboxylic acids is 1. The highest BCUT2D eigenvalue weighted by molar-refractivity contribution is 6.79. The van der Waals surface area contributed by atoms with E-state index in [1.54, 1.807) is 0 Å². The predicted octanol–water partition coefficient (Wildman–Crippen LogP) is 1.82. The summed E-state index contributed by atoms with van der Waals surface area (Å²) in [5, 5.41) is 0. The third kappa shape index (κ3) is 2.27. The highest BCUT2D eigenvalue weighted by Crippen LogP contribution is 2.56. The van der Waals surface area contributed by atoms with Gasteiger partial charge in [0, 0.05) is 0 Å². The van der Waals surface area contributed by atoms with Crippen LogP contribution in [0.1, 0.15) is 0 Å². The van der Waals surface area contributed by atoms with E-state index in [-0.39, 0.29) is 11.9 Å². The summed E-state index contributed by atoms with van der Waals surface area (Å²) in [7, 11) is 5.82. The number of hydrogen-bond donors (Lipinski definition) is 0. The van der Waals surface area contributed by atoms with Crippen molar-refractivity contribution < 1.29 is 14.3 Å². The number of ether oxygens (including phenoxy) is 2. The molecule has 72 valence electrons. The van der Waals surface area contributed by atoms with Crippen LogP contribution < -0.4 is 0 Å². The maximum Gasteiger partial charge on any atom is 0.508 e. The Bertz CT molecular complexity index is 214. The van der Waals surface area contributed by atoms with Gasteiger partial charge in [-0.15, -0.1) is 0 Å². The topological polar surface area (TPSA) is 35.5 Å². The quantitative estimate of drug-likeness (QED) is 0.501. The Kier molecular flexibility index (Phi) is 2.75. The Morgan fingerprint density at radius 3 is 2.23 bits per heavy atom. The fraction of sp³-hybridized carbons (Fsp3) is 0.875. The Morgan fingerprint density at radius 2 is 1.92 bits per heavy atom. The molecule has 1 saturated carbocycles. The van der Waals surface area contributed by atoms with Gasteiger partial charge in [-0.25, -0.2) is 4.79 Å². The molecule has 1 aliphatic rings. The third-order valence-corrected chi connectivity index (χ3v) is 5.12. The summed E-state index contributed by atoms with van der Waals surface area (Å²) >= 11 is 0. The lowest BCUT2D eigenvalue weighted by atomic mass is 10.0. The molecule has 0 spiro atoms. The molecule has 0 bridgehead atoms. The Morgan fingerprint density at radius 1 is 1.38 bits per heavy atom. The third-order valence-electron chi connectivity index (χ3n) is 2.41. The first-order chi connectivity index (χ1) is 5.88. The van der Waals surface area contributed by atoms with Crippen LogP contribution in [0.2, 0.25) is 31.0 Å². The largest absolute Gasteiger partial charge is 0.508 e. The van der Waals surface area contributed by atoms with E-state index in [2.05, 4.69) is 24.4 Å². The highest BCUT2D eigenvalue weighted by atomic mass is 28.3. The van der Waals surface area contributed by atoms with Crippen molar-refractivity contribution in [3.8, 4) is 0 Å². The summed E-state index contributed by atoms with van der Waals surface area (Å²) in [4.78, 5) is 10.8. The van der Waals surface area contributed by atoms with Crippen LogP contribution in [-0.4, -0.2) is 35.3 Å². The van der Waals surface area contributed by atoms with Crippen molar-refractivity contribution in [2.24, 2.45) is 0 Å². The maximum atomic E-state index is 10.8. The summed E-state index contributed by atoms with van der Waals surface area (Å²) in [6.45, 7) is 6.66. The van der Waals surface area contributed by atoms with E-state index >= 15 is 0 Å². The van der Waals surface area contributed by atoms with Gasteiger partial charge in [-0.05, 0) is 11.4 Å². The normalized spacial score (nSPS) is 32.5. The van der Waals surface area contributed by atoms with Gasteiger partial charge in [0.1, 0.15) is 6.10 Å². The zero-order chi connectivity index (χ0) is 10.2. The van der Waals surface area contributed by atoms with E-state index in [0.717, 1.165) is 0 Å². The molecule has 0 saturated heterocycles. The van der Waals surface area contributed by atoms with Gasteiger partial charge in [-0.1, -0.05) is 19.6 Å². The lowest BCUT2D eigenvalue weighted by Crippen LogP contribution is -2.23. The molecule has 1 aliphatic carbocycles. The van der Waals surface area contributed by atoms with Crippen LogP contribution in [0.4, 0.5) is 4.79 Å². The zero-order valence-corrected chi connectivity index (χ0v) is 9.53. The van der Waals surface area contributed by atoms with Crippen molar-refractivity contribution in [2.75, 3.05) is 7.11 Å². The summed E-state index contributed by atoms with van der Waals surface area (Å²) in [5.41, 5.74) is 0.381. The maximum absolute atomic E-state index is 10.8. The van der Waals surface area contributed by atoms with Crippen molar-refractivity contribution >= 4 is 22.1 Å². The molecule has 0 aromatic heterocycles. The van der Waals surface area contributed by atoms with Crippen LogP contribution in [0.25, 0.3) is 0 Å². The van der Waals surface area contributed by atoms with Gasteiger partial charge in [-0.2, -0.15) is 0 Å². The van der Waals surface area contributed by atoms with Crippen LogP contribution in [0.5, 0.6) is 0 Å². The zero-order valence-electron chi connectivity index (χ0n) is 8.53. The van der Waals surface area contributed by atoms with Crippen molar-refractivity contribution in [2.45, 2.75) is 37.1 Å². The number of rotatable bonds is 2. The first-order valence-corrected chi connectivity index (χ1v) is 7.96. The molecule has 0 aromatic carbocycles. The van der Waals surface area contributed by atoms with Crippen LogP contribution in [0, 0.1) is 0 Å². The molecule has 5 heteroatoms. The molecule has 2 unspecified atom stereocenters. The van der Waals surface area contributed by atoms with Crippen molar-refractivity contribution in [3.63, 3.8) is 0 Å². The Hall–Kier alpha value is -0.448. The molecule has 2 radical (unpaired) electrons. The smallest absolute Gasteiger partial charge is 0.438 e. The minimum Gasteiger partial charge on any atom is -0.438 e. The van der Waals surface area contributed by atoms with Crippen LogP contribution >= 0.6 is 0 Å². The molecular weight excluding hydrogens is 183 g/mol. The van der Waals surface area contributed by atoms with E-state index in [1.807, 2.05) is 0 Å². The van der Waals surface area contributed by atoms with E-state index in [1.165, 1.54) is 7.11 Å². The second-order valence-corrected chi connectivity index (χ2v) is 9.90. The lowest BCUT2D eigenvalue weighted by molar-refractivity contribution is 0.0666. The van der Waals surface area contributed by atoms with E-state index in [0.29, 0.717) is 5.54 Å². The van der Waals surface area contributed by atoms with Crippen LogP contribution in [-0.2, 0) is 9.47 Å². The fourth-order valence-electron chi connectivity index (χ4n) is 1.69. The molecule has 3 nitrogen and oxygen atoms in total. The van der Waals surface area contributed by atoms with Gasteiger partial charge < -0.3 is 9.47 Å². The van der Waals surface area contributed by atoms with Gasteiger partial charge >= 0.3 is 6.16 Å². The molecule has 0 aromatic rings. The van der Waals surface area contributed by atoms with Gasteiger partial charge in [0.25, 0.3) is 0 Å². The number of methoxy groups -OCH3 is 1. The van der Waals surface area contributed by atoms with E-state index in [4.69, 9.17) is 12.6 Å². The summed E-state index contributed by atoms with van der Waals surface area (Å²) in [6.07, 6.45) is -0.736. The molecule has 0 aliphatic heterocycles. The molecule has 0 amide bonds. The molecule has 0 heterocycles. The van der Waals surface area contributed by atoms with Crippen molar-refractivity contribution in [3.05, 3.63) is 0 Å². The van der Waals surface area contributed by atoms with Gasteiger partial charge in [0.05, 0.1) is 23.0 Å². The average Bonchev–Trinajstić information content (AvgIpc) is 2.60. The van der Waals surface area contributed by atoms with Gasteiger partial charge in [-0.3, -0.25) is 0 Å².